The van der Waals surface area contributed by atoms with Crippen LogP contribution >= 0.6 is 12.4 Å². The lowest BCUT2D eigenvalue weighted by molar-refractivity contribution is -0.317. The first-order valence-corrected chi connectivity index (χ1v) is 9.55. The Hall–Kier alpha value is -1.88. The minimum atomic E-state index is -4.20. The second-order valence-corrected chi connectivity index (χ2v) is 7.82. The van der Waals surface area contributed by atoms with E-state index in [2.05, 4.69) is 4.98 Å². The number of hydrogen-bond acceptors (Lipinski definition) is 5. The number of hydrogen-bond donors (Lipinski definition) is 0. The molecule has 1 aliphatic heterocycles. The van der Waals surface area contributed by atoms with Gasteiger partial charge in [0, 0.05) is 19.0 Å². The van der Waals surface area contributed by atoms with Crippen LogP contribution in [-0.2, 0) is 11.3 Å². The predicted molar refractivity (Wildman–Crippen MR) is 104 cm³/mol. The van der Waals surface area contributed by atoms with Crippen molar-refractivity contribution >= 4 is 18.3 Å². The highest BCUT2D eigenvalue weighted by Gasteiger charge is 2.71. The lowest BCUT2D eigenvalue weighted by atomic mass is 9.77. The molecule has 1 saturated carbocycles. The molecule has 0 spiro atoms. The third-order valence-electron chi connectivity index (χ3n) is 5.69. The highest BCUT2D eigenvalue weighted by atomic mass is 35.5. The average molecular weight is 474 g/mol. The Morgan fingerprint density at radius 1 is 1.32 bits per heavy atom. The summed E-state index contributed by atoms with van der Waals surface area (Å²) in [6, 6.07) is 0.792. The zero-order chi connectivity index (χ0) is 22.3. The standard InChI is InChI=1S/C19H24F5N3O3.ClH/c1-26-6-4-5-14(26)17(28)27(2)9-11-7-13(20)16(25-15(11)29-3)30-10-12-8-18(21,22)19(12,23)24;/h7,12,14H,4-6,8-10H2,1-3H3;1H/t12?,14-;/m0./s1. The van der Waals surface area contributed by atoms with Gasteiger partial charge < -0.3 is 14.4 Å². The molecular weight excluding hydrogens is 449 g/mol. The lowest BCUT2D eigenvalue weighted by Crippen LogP contribution is -2.60. The molecule has 0 bridgehead atoms. The largest absolute Gasteiger partial charge is 0.481 e. The fourth-order valence-corrected chi connectivity index (χ4v) is 3.78. The molecule has 2 aliphatic rings. The number of carbonyl (C=O) groups excluding carboxylic acids is 1. The van der Waals surface area contributed by atoms with Crippen molar-refractivity contribution in [3.8, 4) is 11.8 Å². The summed E-state index contributed by atoms with van der Waals surface area (Å²) in [7, 11) is 4.72. The van der Waals surface area contributed by atoms with E-state index in [-0.39, 0.29) is 42.3 Å². The number of halogens is 6. The monoisotopic (exact) mass is 473 g/mol. The van der Waals surface area contributed by atoms with E-state index in [1.807, 2.05) is 11.9 Å². The molecule has 6 nitrogen and oxygen atoms in total. The van der Waals surface area contributed by atoms with Gasteiger partial charge in [0.05, 0.1) is 32.2 Å². The molecule has 0 aromatic carbocycles. The van der Waals surface area contributed by atoms with Crippen molar-refractivity contribution in [2.24, 2.45) is 5.92 Å². The van der Waals surface area contributed by atoms with Gasteiger partial charge in [0.25, 0.3) is 5.88 Å². The number of nitrogens with zero attached hydrogens (tertiary/aromatic N) is 3. The van der Waals surface area contributed by atoms with Gasteiger partial charge in [-0.15, -0.1) is 12.4 Å². The number of ether oxygens (including phenoxy) is 2. The molecule has 1 aromatic rings. The molecule has 3 rings (SSSR count). The molecule has 2 fully saturated rings. The molecule has 1 amide bonds. The van der Waals surface area contributed by atoms with Gasteiger partial charge in [-0.05, 0) is 32.5 Å². The molecule has 1 saturated heterocycles. The molecule has 1 unspecified atom stereocenters. The van der Waals surface area contributed by atoms with Crippen LogP contribution in [0.2, 0.25) is 0 Å². The van der Waals surface area contributed by atoms with Gasteiger partial charge in [-0.1, -0.05) is 0 Å². The SMILES string of the molecule is COc1nc(OCC2CC(F)(F)C2(F)F)c(F)cc1CN(C)C(=O)[C@@H]1CCCN1C.Cl. The van der Waals surface area contributed by atoms with Crippen LogP contribution in [-0.4, -0.2) is 72.9 Å². The summed E-state index contributed by atoms with van der Waals surface area (Å²) in [6.07, 6.45) is 0.610. The number of alkyl halides is 4. The van der Waals surface area contributed by atoms with Gasteiger partial charge >= 0.3 is 11.8 Å². The van der Waals surface area contributed by atoms with E-state index in [4.69, 9.17) is 9.47 Å². The van der Waals surface area contributed by atoms with Crippen molar-refractivity contribution in [2.75, 3.05) is 34.4 Å². The van der Waals surface area contributed by atoms with E-state index in [1.165, 1.54) is 12.0 Å². The normalized spacial score (nSPS) is 24.1. The van der Waals surface area contributed by atoms with Gasteiger partial charge in [0.2, 0.25) is 11.8 Å². The Labute approximate surface area is 183 Å². The number of pyridine rings is 1. The minimum Gasteiger partial charge on any atom is -0.481 e. The van der Waals surface area contributed by atoms with Gasteiger partial charge in [0.1, 0.15) is 0 Å². The molecule has 2 atom stereocenters. The van der Waals surface area contributed by atoms with E-state index < -0.39 is 42.5 Å². The molecule has 2 heterocycles. The number of likely N-dealkylation sites (N-methyl/N-ethyl adjacent to an activating group) is 2. The second-order valence-electron chi connectivity index (χ2n) is 7.82. The summed E-state index contributed by atoms with van der Waals surface area (Å²) in [5.74, 6) is -11.8. The maximum Gasteiger partial charge on any atom is 0.316 e. The third kappa shape index (κ3) is 4.82. The Kier molecular flexibility index (Phi) is 7.63. The lowest BCUT2D eigenvalue weighted by Gasteiger charge is -2.43. The van der Waals surface area contributed by atoms with Gasteiger partial charge in [-0.2, -0.15) is 22.5 Å². The summed E-state index contributed by atoms with van der Waals surface area (Å²) in [5, 5.41) is 0. The van der Waals surface area contributed by atoms with Crippen molar-refractivity contribution in [2.45, 2.75) is 43.7 Å². The van der Waals surface area contributed by atoms with Gasteiger partial charge in [0.15, 0.2) is 5.82 Å². The summed E-state index contributed by atoms with van der Waals surface area (Å²) in [5.41, 5.74) is 0.263. The van der Waals surface area contributed by atoms with Crippen LogP contribution < -0.4 is 9.47 Å². The van der Waals surface area contributed by atoms with Crippen molar-refractivity contribution < 1.29 is 36.2 Å². The van der Waals surface area contributed by atoms with Crippen molar-refractivity contribution in [3.05, 3.63) is 17.4 Å². The van der Waals surface area contributed by atoms with E-state index in [0.717, 1.165) is 25.5 Å². The van der Waals surface area contributed by atoms with Crippen LogP contribution in [0.3, 0.4) is 0 Å². The zero-order valence-corrected chi connectivity index (χ0v) is 18.2. The Balaban J connectivity index is 0.00000341. The van der Waals surface area contributed by atoms with Crippen LogP contribution in [0.4, 0.5) is 22.0 Å². The van der Waals surface area contributed by atoms with E-state index in [1.54, 1.807) is 7.05 Å². The molecule has 12 heteroatoms. The first kappa shape index (κ1) is 25.4. The third-order valence-corrected chi connectivity index (χ3v) is 5.69. The summed E-state index contributed by atoms with van der Waals surface area (Å²) >= 11 is 0. The fraction of sp³-hybridized carbons (Fsp3) is 0.684. The highest BCUT2D eigenvalue weighted by molar-refractivity contribution is 5.85. The first-order valence-electron chi connectivity index (χ1n) is 9.55. The van der Waals surface area contributed by atoms with Crippen molar-refractivity contribution in [1.82, 2.24) is 14.8 Å². The summed E-state index contributed by atoms with van der Waals surface area (Å²) < 4.78 is 77.0. The highest BCUT2D eigenvalue weighted by Crippen LogP contribution is 2.55. The zero-order valence-electron chi connectivity index (χ0n) is 17.3. The topological polar surface area (TPSA) is 54.9 Å². The number of rotatable bonds is 7. The van der Waals surface area contributed by atoms with Crippen LogP contribution in [0.25, 0.3) is 0 Å². The average Bonchev–Trinajstić information content (AvgIpc) is 3.11. The Morgan fingerprint density at radius 3 is 2.52 bits per heavy atom. The Morgan fingerprint density at radius 2 is 2.00 bits per heavy atom. The number of likely N-dealkylation sites (tertiary alicyclic amines) is 1. The molecular formula is C19H25ClF5N3O3. The quantitative estimate of drug-likeness (QED) is 0.568. The summed E-state index contributed by atoms with van der Waals surface area (Å²) in [4.78, 5) is 19.8. The molecule has 1 aromatic heterocycles. The van der Waals surface area contributed by atoms with Gasteiger partial charge in [-0.25, -0.2) is 4.39 Å². The van der Waals surface area contributed by atoms with E-state index >= 15 is 0 Å². The van der Waals surface area contributed by atoms with Crippen LogP contribution in [0.5, 0.6) is 11.8 Å². The van der Waals surface area contributed by atoms with Crippen LogP contribution in [0.1, 0.15) is 24.8 Å². The smallest absolute Gasteiger partial charge is 0.316 e. The van der Waals surface area contributed by atoms with E-state index in [9.17, 15) is 26.7 Å². The first-order chi connectivity index (χ1) is 14.0. The maximum absolute atomic E-state index is 14.4. The van der Waals surface area contributed by atoms with E-state index in [0.29, 0.717) is 0 Å². The molecule has 176 valence electrons. The van der Waals surface area contributed by atoms with Crippen molar-refractivity contribution in [3.63, 3.8) is 0 Å². The predicted octanol–water partition coefficient (Wildman–Crippen LogP) is 3.37. The molecule has 1 aliphatic carbocycles. The molecule has 31 heavy (non-hydrogen) atoms. The Bertz CT molecular complexity index is 814. The minimum absolute atomic E-state index is 0. The number of aromatic nitrogens is 1. The van der Waals surface area contributed by atoms with Crippen molar-refractivity contribution in [1.29, 1.82) is 0 Å². The molecule has 0 radical (unpaired) electrons. The summed E-state index contributed by atoms with van der Waals surface area (Å²) in [6.45, 7) is 0.0344. The second kappa shape index (κ2) is 9.32. The van der Waals surface area contributed by atoms with Crippen LogP contribution in [0, 0.1) is 11.7 Å². The molecule has 0 N–H and O–H groups in total. The number of amides is 1. The maximum atomic E-state index is 14.4. The van der Waals surface area contributed by atoms with Crippen LogP contribution in [0.15, 0.2) is 6.07 Å². The fourth-order valence-electron chi connectivity index (χ4n) is 3.78. The number of carbonyl (C=O) groups is 1. The number of methoxy groups -OCH3 is 1. The van der Waals surface area contributed by atoms with Gasteiger partial charge in [-0.3, -0.25) is 9.69 Å².